The molecule has 2 aliphatic carbocycles. The van der Waals surface area contributed by atoms with E-state index in [-0.39, 0.29) is 6.10 Å². The van der Waals surface area contributed by atoms with E-state index in [0.717, 1.165) is 23.8 Å². The highest BCUT2D eigenvalue weighted by molar-refractivity contribution is 7.09. The highest BCUT2D eigenvalue weighted by Gasteiger charge is 2.30. The molecule has 1 heterocycles. The Morgan fingerprint density at radius 2 is 2.14 bits per heavy atom. The van der Waals surface area contributed by atoms with Gasteiger partial charge in [-0.15, -0.1) is 0 Å². The van der Waals surface area contributed by atoms with Gasteiger partial charge < -0.3 is 10.4 Å². The molecule has 2 saturated carbocycles. The van der Waals surface area contributed by atoms with Gasteiger partial charge in [0.25, 0.3) is 0 Å². The monoisotopic (exact) mass is 211 g/mol. The van der Waals surface area contributed by atoms with Crippen LogP contribution in [0.25, 0.3) is 0 Å². The molecule has 0 aliphatic heterocycles. The van der Waals surface area contributed by atoms with Crippen LogP contribution in [-0.2, 0) is 0 Å². The third-order valence-corrected chi connectivity index (χ3v) is 3.49. The molecule has 1 aromatic rings. The van der Waals surface area contributed by atoms with Crippen LogP contribution >= 0.6 is 11.5 Å². The second-order valence-electron chi connectivity index (χ2n) is 4.20. The molecule has 5 heteroatoms. The van der Waals surface area contributed by atoms with Crippen LogP contribution in [0.5, 0.6) is 0 Å². The summed E-state index contributed by atoms with van der Waals surface area (Å²) in [5.41, 5.74) is 0. The Morgan fingerprint density at radius 3 is 2.79 bits per heavy atom. The van der Waals surface area contributed by atoms with Gasteiger partial charge in [-0.3, -0.25) is 0 Å². The minimum Gasteiger partial charge on any atom is -0.393 e. The Morgan fingerprint density at radius 1 is 1.36 bits per heavy atom. The van der Waals surface area contributed by atoms with Gasteiger partial charge in [-0.25, -0.2) is 4.98 Å². The van der Waals surface area contributed by atoms with E-state index in [9.17, 15) is 0 Å². The van der Waals surface area contributed by atoms with Crippen LogP contribution in [0.3, 0.4) is 0 Å². The van der Waals surface area contributed by atoms with Crippen molar-refractivity contribution in [2.45, 2.75) is 43.7 Å². The third-order valence-electron chi connectivity index (χ3n) is 2.83. The Hall–Kier alpha value is -0.680. The summed E-state index contributed by atoms with van der Waals surface area (Å²) in [5, 5.41) is 13.3. The Bertz CT molecular complexity index is 331. The Balaban J connectivity index is 1.60. The van der Waals surface area contributed by atoms with E-state index in [4.69, 9.17) is 5.11 Å². The summed E-state index contributed by atoms with van der Waals surface area (Å²) < 4.78 is 4.31. The van der Waals surface area contributed by atoms with Crippen molar-refractivity contribution in [2.75, 3.05) is 5.32 Å². The highest BCUT2D eigenvalue weighted by atomic mass is 32.1. The molecule has 1 aromatic heterocycles. The number of nitrogens with zero attached hydrogens (tertiary/aromatic N) is 2. The molecule has 2 aliphatic rings. The summed E-state index contributed by atoms with van der Waals surface area (Å²) in [7, 11) is 0. The maximum absolute atomic E-state index is 9.13. The van der Waals surface area contributed by atoms with Crippen molar-refractivity contribution >= 4 is 16.7 Å². The zero-order valence-corrected chi connectivity index (χ0v) is 8.63. The van der Waals surface area contributed by atoms with Crippen molar-refractivity contribution in [2.24, 2.45) is 0 Å². The van der Waals surface area contributed by atoms with Gasteiger partial charge in [-0.2, -0.15) is 4.37 Å². The zero-order valence-electron chi connectivity index (χ0n) is 7.81. The predicted octanol–water partition coefficient (Wildman–Crippen LogP) is 1.35. The molecule has 0 bridgehead atoms. The fourth-order valence-corrected chi connectivity index (χ4v) is 2.40. The molecule has 0 unspecified atom stereocenters. The van der Waals surface area contributed by atoms with Crippen LogP contribution in [0.4, 0.5) is 5.13 Å². The van der Waals surface area contributed by atoms with E-state index in [2.05, 4.69) is 14.7 Å². The molecular weight excluding hydrogens is 198 g/mol. The number of hydrogen-bond acceptors (Lipinski definition) is 5. The Kier molecular flexibility index (Phi) is 1.95. The lowest BCUT2D eigenvalue weighted by molar-refractivity contribution is 0.0836. The molecule has 2 fully saturated rings. The van der Waals surface area contributed by atoms with Gasteiger partial charge in [-0.05, 0) is 25.7 Å². The van der Waals surface area contributed by atoms with Crippen LogP contribution in [0.15, 0.2) is 0 Å². The molecular formula is C9H13N3OS. The fraction of sp³-hybridized carbons (Fsp3) is 0.778. The lowest BCUT2D eigenvalue weighted by atomic mass is 9.90. The number of nitrogens with one attached hydrogen (secondary N) is 1. The average Bonchev–Trinajstić information content (AvgIpc) is 2.86. The molecule has 4 nitrogen and oxygen atoms in total. The quantitative estimate of drug-likeness (QED) is 0.792. The van der Waals surface area contributed by atoms with Crippen LogP contribution in [0.2, 0.25) is 0 Å². The van der Waals surface area contributed by atoms with Gasteiger partial charge >= 0.3 is 0 Å². The predicted molar refractivity (Wildman–Crippen MR) is 54.5 cm³/mol. The van der Waals surface area contributed by atoms with Crippen molar-refractivity contribution in [1.29, 1.82) is 0 Å². The van der Waals surface area contributed by atoms with Gasteiger partial charge in [0.05, 0.1) is 6.10 Å². The summed E-state index contributed by atoms with van der Waals surface area (Å²) in [4.78, 5) is 4.43. The topological polar surface area (TPSA) is 58.0 Å². The maximum atomic E-state index is 9.13. The van der Waals surface area contributed by atoms with E-state index in [1.165, 1.54) is 24.4 Å². The van der Waals surface area contributed by atoms with Gasteiger partial charge in [0.1, 0.15) is 5.82 Å². The standard InChI is InChI=1S/C9H13N3OS/c13-7-3-6(4-7)10-9-11-8(12-14-9)5-1-2-5/h5-7,13H,1-4H2,(H,10,11,12). The van der Waals surface area contributed by atoms with Crippen molar-refractivity contribution in [3.05, 3.63) is 5.82 Å². The summed E-state index contributed by atoms with van der Waals surface area (Å²) in [6.45, 7) is 0. The molecule has 2 N–H and O–H groups in total. The minimum absolute atomic E-state index is 0.108. The summed E-state index contributed by atoms with van der Waals surface area (Å²) >= 11 is 1.44. The minimum atomic E-state index is -0.108. The van der Waals surface area contributed by atoms with Crippen molar-refractivity contribution in [3.63, 3.8) is 0 Å². The van der Waals surface area contributed by atoms with E-state index < -0.39 is 0 Å². The normalized spacial score (nSPS) is 31.2. The summed E-state index contributed by atoms with van der Waals surface area (Å²) in [6, 6.07) is 0.407. The molecule has 0 saturated heterocycles. The molecule has 0 aromatic carbocycles. The largest absolute Gasteiger partial charge is 0.393 e. The fourth-order valence-electron chi connectivity index (χ4n) is 1.68. The summed E-state index contributed by atoms with van der Waals surface area (Å²) in [5.74, 6) is 1.64. The average molecular weight is 211 g/mol. The zero-order chi connectivity index (χ0) is 9.54. The number of hydrogen-bond donors (Lipinski definition) is 2. The first-order chi connectivity index (χ1) is 6.81. The van der Waals surface area contributed by atoms with Gasteiger partial charge in [0.15, 0.2) is 0 Å². The first-order valence-corrected chi connectivity index (χ1v) is 5.87. The van der Waals surface area contributed by atoms with Crippen molar-refractivity contribution < 1.29 is 5.11 Å². The highest BCUT2D eigenvalue weighted by Crippen LogP contribution is 2.39. The number of anilines is 1. The van der Waals surface area contributed by atoms with Crippen LogP contribution in [0.1, 0.15) is 37.4 Å². The van der Waals surface area contributed by atoms with Crippen molar-refractivity contribution in [3.8, 4) is 0 Å². The summed E-state index contributed by atoms with van der Waals surface area (Å²) in [6.07, 6.45) is 4.08. The molecule has 0 spiro atoms. The number of aromatic nitrogens is 2. The number of aliphatic hydroxyl groups is 1. The van der Waals surface area contributed by atoms with Crippen LogP contribution in [-0.4, -0.2) is 26.6 Å². The lowest BCUT2D eigenvalue weighted by Gasteiger charge is -2.31. The molecule has 0 atom stereocenters. The lowest BCUT2D eigenvalue weighted by Crippen LogP contribution is -2.38. The van der Waals surface area contributed by atoms with E-state index in [0.29, 0.717) is 12.0 Å². The molecule has 0 amide bonds. The maximum Gasteiger partial charge on any atom is 0.202 e. The third kappa shape index (κ3) is 1.62. The molecule has 3 rings (SSSR count). The van der Waals surface area contributed by atoms with E-state index in [1.807, 2.05) is 0 Å². The first kappa shape index (κ1) is 8.61. The van der Waals surface area contributed by atoms with Crippen LogP contribution in [0, 0.1) is 0 Å². The van der Waals surface area contributed by atoms with E-state index in [1.54, 1.807) is 0 Å². The smallest absolute Gasteiger partial charge is 0.202 e. The van der Waals surface area contributed by atoms with E-state index >= 15 is 0 Å². The number of rotatable bonds is 3. The van der Waals surface area contributed by atoms with Gasteiger partial charge in [-0.1, -0.05) is 0 Å². The number of aliphatic hydroxyl groups excluding tert-OH is 1. The van der Waals surface area contributed by atoms with Crippen LogP contribution < -0.4 is 5.32 Å². The van der Waals surface area contributed by atoms with Crippen molar-refractivity contribution in [1.82, 2.24) is 9.36 Å². The Labute approximate surface area is 86.5 Å². The SMILES string of the molecule is OC1CC(Nc2nc(C3CC3)ns2)C1. The molecule has 0 radical (unpaired) electrons. The van der Waals surface area contributed by atoms with Gasteiger partial charge in [0.2, 0.25) is 5.13 Å². The molecule has 14 heavy (non-hydrogen) atoms. The second-order valence-corrected chi connectivity index (χ2v) is 4.95. The molecule has 76 valence electrons. The second kappa shape index (κ2) is 3.17. The van der Waals surface area contributed by atoms with Gasteiger partial charge in [0, 0.05) is 23.5 Å². The first-order valence-electron chi connectivity index (χ1n) is 5.09.